The number of hydrogen-bond acceptors (Lipinski definition) is 6. The molecule has 1 unspecified atom stereocenters. The van der Waals surface area contributed by atoms with Gasteiger partial charge in [-0.05, 0) is 130 Å². The molecule has 3 aromatic carbocycles. The number of hydrogen-bond donors (Lipinski definition) is 2. The lowest BCUT2D eigenvalue weighted by Crippen LogP contribution is -2.54. The molecule has 3 aromatic rings. The number of aliphatic carboxylic acids is 1. The second-order valence-electron chi connectivity index (χ2n) is 13.9. The lowest BCUT2D eigenvalue weighted by Gasteiger charge is -2.39. The highest BCUT2D eigenvalue weighted by Gasteiger charge is 2.40. The molecule has 9 nitrogen and oxygen atoms in total. The van der Waals surface area contributed by atoms with Crippen LogP contribution in [0.25, 0.3) is 0 Å². The molecule has 0 aromatic heterocycles. The molecule has 1 saturated heterocycles. The van der Waals surface area contributed by atoms with Gasteiger partial charge in [0.25, 0.3) is 0 Å². The van der Waals surface area contributed by atoms with Crippen LogP contribution in [-0.2, 0) is 20.8 Å². The van der Waals surface area contributed by atoms with E-state index in [1.54, 1.807) is 26.4 Å². The van der Waals surface area contributed by atoms with Crippen molar-refractivity contribution in [2.45, 2.75) is 90.1 Å². The fourth-order valence-corrected chi connectivity index (χ4v) is 7.52. The first-order valence-corrected chi connectivity index (χ1v) is 18.1. The van der Waals surface area contributed by atoms with E-state index in [1.165, 1.54) is 16.7 Å². The van der Waals surface area contributed by atoms with Gasteiger partial charge in [0.15, 0.2) is 18.1 Å². The van der Waals surface area contributed by atoms with Gasteiger partial charge in [-0.25, -0.2) is 4.79 Å². The fourth-order valence-electron chi connectivity index (χ4n) is 7.52. The van der Waals surface area contributed by atoms with Gasteiger partial charge in [-0.2, -0.15) is 0 Å². The van der Waals surface area contributed by atoms with Gasteiger partial charge < -0.3 is 29.5 Å². The van der Waals surface area contributed by atoms with Crippen LogP contribution in [0.1, 0.15) is 90.3 Å². The van der Waals surface area contributed by atoms with Crippen molar-refractivity contribution in [2.24, 2.45) is 5.92 Å². The molecule has 1 aliphatic carbocycles. The Morgan fingerprint density at radius 2 is 1.73 bits per heavy atom. The van der Waals surface area contributed by atoms with Crippen molar-refractivity contribution < 1.29 is 33.7 Å². The van der Waals surface area contributed by atoms with E-state index in [-0.39, 0.29) is 17.7 Å². The minimum absolute atomic E-state index is 0.00588. The number of carbonyl (C=O) groups is 3. The quantitative estimate of drug-likeness (QED) is 0.169. The second kappa shape index (κ2) is 17.4. The average Bonchev–Trinajstić information content (AvgIpc) is 3.14. The van der Waals surface area contributed by atoms with Gasteiger partial charge in [0, 0.05) is 6.54 Å². The zero-order chi connectivity index (χ0) is 36.5. The van der Waals surface area contributed by atoms with Crippen LogP contribution in [0.5, 0.6) is 17.2 Å². The van der Waals surface area contributed by atoms with E-state index < -0.39 is 30.6 Å². The summed E-state index contributed by atoms with van der Waals surface area (Å²) in [6, 6.07) is 16.6. The molecule has 0 spiro atoms. The summed E-state index contributed by atoms with van der Waals surface area (Å²) < 4.78 is 16.8. The van der Waals surface area contributed by atoms with Crippen LogP contribution in [0.4, 0.5) is 0 Å². The number of nitrogens with one attached hydrogen (secondary N) is 1. The van der Waals surface area contributed by atoms with Gasteiger partial charge >= 0.3 is 5.97 Å². The van der Waals surface area contributed by atoms with Crippen LogP contribution in [0.3, 0.4) is 0 Å². The number of carbonyl (C=O) groups excluding carboxylic acids is 2. The van der Waals surface area contributed by atoms with E-state index in [9.17, 15) is 14.4 Å². The minimum Gasteiger partial charge on any atom is -0.493 e. The van der Waals surface area contributed by atoms with Crippen LogP contribution >= 0.6 is 0 Å². The Morgan fingerprint density at radius 1 is 0.902 bits per heavy atom. The van der Waals surface area contributed by atoms with Crippen molar-refractivity contribution in [1.29, 1.82) is 0 Å². The summed E-state index contributed by atoms with van der Waals surface area (Å²) >= 11 is 0. The molecule has 0 saturated carbocycles. The third kappa shape index (κ3) is 9.31. The highest BCUT2D eigenvalue weighted by molar-refractivity contribution is 5.91. The number of allylic oxidation sites excluding steroid dienone is 2. The molecule has 2 aliphatic rings. The summed E-state index contributed by atoms with van der Waals surface area (Å²) in [5.74, 6) is -0.132. The van der Waals surface area contributed by atoms with Crippen LogP contribution in [0, 0.1) is 26.7 Å². The molecule has 4 atom stereocenters. The van der Waals surface area contributed by atoms with Crippen LogP contribution in [0.15, 0.2) is 66.7 Å². The normalized spacial score (nSPS) is 18.4. The predicted octanol–water partition coefficient (Wildman–Crippen LogP) is 7.40. The van der Waals surface area contributed by atoms with Crippen LogP contribution < -0.4 is 19.5 Å². The van der Waals surface area contributed by atoms with Crippen molar-refractivity contribution in [3.8, 4) is 17.2 Å². The monoisotopic (exact) mass is 696 g/mol. The highest BCUT2D eigenvalue weighted by atomic mass is 16.5. The van der Waals surface area contributed by atoms with E-state index >= 15 is 0 Å². The highest BCUT2D eigenvalue weighted by Crippen LogP contribution is 2.41. The molecule has 0 bridgehead atoms. The third-order valence-electron chi connectivity index (χ3n) is 10.4. The summed E-state index contributed by atoms with van der Waals surface area (Å²) in [4.78, 5) is 42.3. The third-order valence-corrected chi connectivity index (χ3v) is 10.4. The number of ether oxygens (including phenoxy) is 3. The maximum absolute atomic E-state index is 14.9. The first kappa shape index (κ1) is 37.5. The Balaban J connectivity index is 1.44. The second-order valence-corrected chi connectivity index (χ2v) is 13.9. The molecule has 272 valence electrons. The Morgan fingerprint density at radius 3 is 2.43 bits per heavy atom. The summed E-state index contributed by atoms with van der Waals surface area (Å²) in [6.07, 6.45) is 10.8. The van der Waals surface area contributed by atoms with E-state index in [1.807, 2.05) is 36.1 Å². The van der Waals surface area contributed by atoms with E-state index in [0.29, 0.717) is 43.1 Å². The smallest absolute Gasteiger partial charge is 0.341 e. The number of nitrogens with zero attached hydrogens (tertiary/aromatic N) is 1. The number of benzene rings is 3. The van der Waals surface area contributed by atoms with Gasteiger partial charge in [0.2, 0.25) is 11.8 Å². The first-order valence-electron chi connectivity index (χ1n) is 18.1. The molecule has 51 heavy (non-hydrogen) atoms. The predicted molar refractivity (Wildman–Crippen MR) is 198 cm³/mol. The summed E-state index contributed by atoms with van der Waals surface area (Å²) in [5.41, 5.74) is 6.16. The van der Waals surface area contributed by atoms with E-state index in [2.05, 4.69) is 49.5 Å². The Bertz CT molecular complexity index is 1730. The number of amides is 2. The first-order chi connectivity index (χ1) is 24.6. The SMILES string of the molecule is COc1cc([C@@H](C(=O)N2CCCC[C@H]2C(=O)NC(CCc2ccc(C)c(C)c2)c2cccc(OCC(=O)O)c2)[C@@H]2C=CCCC2)cc(C)c1OC. The Labute approximate surface area is 302 Å². The number of carboxylic acid groups (broad SMARTS) is 1. The molecule has 5 rings (SSSR count). The standard InChI is InChI=1S/C42H52N2O7/c1-27-17-18-30(22-28(27)2)19-20-35(32-14-11-15-34(24-32)51-26-38(45)46)43-41(47)36-16-9-10-21-44(36)42(48)39(31-12-7-6-8-13-31)33-23-29(3)40(50-5)37(25-33)49-4/h7,11-12,14-15,17-18,22-25,31,35-36,39H,6,8-10,13,16,19-21,26H2,1-5H3,(H,43,47)(H,45,46)/t31-,35?,36+,39+/m1/s1. The number of methoxy groups -OCH3 is 2. The Kier molecular flexibility index (Phi) is 12.8. The molecule has 9 heteroatoms. The van der Waals surface area contributed by atoms with Crippen LogP contribution in [-0.4, -0.2) is 61.2 Å². The van der Waals surface area contributed by atoms with Crippen molar-refractivity contribution >= 4 is 17.8 Å². The van der Waals surface area contributed by atoms with Gasteiger partial charge in [0.1, 0.15) is 11.8 Å². The van der Waals surface area contributed by atoms with E-state index in [0.717, 1.165) is 48.8 Å². The van der Waals surface area contributed by atoms with Gasteiger partial charge in [-0.1, -0.05) is 48.6 Å². The van der Waals surface area contributed by atoms with Crippen molar-refractivity contribution in [2.75, 3.05) is 27.4 Å². The maximum Gasteiger partial charge on any atom is 0.341 e. The lowest BCUT2D eigenvalue weighted by atomic mass is 9.78. The van der Waals surface area contributed by atoms with Crippen LogP contribution in [0.2, 0.25) is 0 Å². The number of likely N-dealkylation sites (tertiary alicyclic amines) is 1. The fraction of sp³-hybridized carbons (Fsp3) is 0.452. The molecular formula is C42H52N2O7. The lowest BCUT2D eigenvalue weighted by molar-refractivity contribution is -0.144. The van der Waals surface area contributed by atoms with Gasteiger partial charge in [-0.15, -0.1) is 0 Å². The molecule has 1 fully saturated rings. The summed E-state index contributed by atoms with van der Waals surface area (Å²) in [5, 5.41) is 12.5. The van der Waals surface area contributed by atoms with E-state index in [4.69, 9.17) is 19.3 Å². The largest absolute Gasteiger partial charge is 0.493 e. The maximum atomic E-state index is 14.9. The molecule has 1 heterocycles. The van der Waals surface area contributed by atoms with Gasteiger partial charge in [-0.3, -0.25) is 9.59 Å². The number of aryl methyl sites for hydroxylation is 4. The number of piperidine rings is 1. The topological polar surface area (TPSA) is 114 Å². The zero-order valence-corrected chi connectivity index (χ0v) is 30.6. The molecule has 2 N–H and O–H groups in total. The number of carboxylic acids is 1. The summed E-state index contributed by atoms with van der Waals surface area (Å²) in [6.45, 7) is 6.18. The zero-order valence-electron chi connectivity index (χ0n) is 30.6. The van der Waals surface area contributed by atoms with Crippen molar-refractivity contribution in [3.05, 3.63) is 100 Å². The molecule has 1 aliphatic heterocycles. The Hall–Kier alpha value is -4.79. The minimum atomic E-state index is -1.06. The average molecular weight is 697 g/mol. The van der Waals surface area contributed by atoms with Crippen molar-refractivity contribution in [1.82, 2.24) is 10.2 Å². The van der Waals surface area contributed by atoms with Crippen molar-refractivity contribution in [3.63, 3.8) is 0 Å². The number of rotatable bonds is 14. The van der Waals surface area contributed by atoms with Gasteiger partial charge in [0.05, 0.1) is 26.2 Å². The summed E-state index contributed by atoms with van der Waals surface area (Å²) in [7, 11) is 3.22. The molecule has 2 amide bonds. The molecular weight excluding hydrogens is 644 g/mol. The molecule has 0 radical (unpaired) electrons.